The first-order valence-electron chi connectivity index (χ1n) is 6.62. The highest BCUT2D eigenvalue weighted by Gasteiger charge is 2.19. The van der Waals surface area contributed by atoms with Gasteiger partial charge in [0.1, 0.15) is 4.88 Å². The molecule has 0 spiro atoms. The summed E-state index contributed by atoms with van der Waals surface area (Å²) < 4.78 is 10.7. The van der Waals surface area contributed by atoms with Crippen molar-refractivity contribution in [1.29, 1.82) is 0 Å². The number of carbonyl (C=O) groups excluding carboxylic acids is 2. The van der Waals surface area contributed by atoms with Crippen molar-refractivity contribution in [3.05, 3.63) is 45.9 Å². The zero-order chi connectivity index (χ0) is 16.4. The summed E-state index contributed by atoms with van der Waals surface area (Å²) in [6.45, 7) is 1.28. The summed E-state index contributed by atoms with van der Waals surface area (Å²) in [6.07, 6.45) is 0. The summed E-state index contributed by atoms with van der Waals surface area (Å²) >= 11 is 7.41. The summed E-state index contributed by atoms with van der Waals surface area (Å²) in [6, 6.07) is 8.94. The van der Waals surface area contributed by atoms with Gasteiger partial charge in [0.15, 0.2) is 6.61 Å². The van der Waals surface area contributed by atoms with Gasteiger partial charge in [0.25, 0.3) is 5.91 Å². The zero-order valence-corrected chi connectivity index (χ0v) is 13.5. The summed E-state index contributed by atoms with van der Waals surface area (Å²) in [7, 11) is 0. The van der Waals surface area contributed by atoms with Crippen LogP contribution in [-0.4, -0.2) is 23.6 Å². The van der Waals surface area contributed by atoms with E-state index in [4.69, 9.17) is 20.9 Å². The Labute approximate surface area is 140 Å². The van der Waals surface area contributed by atoms with Gasteiger partial charge in [-0.1, -0.05) is 35.0 Å². The van der Waals surface area contributed by atoms with Crippen LogP contribution in [0.5, 0.6) is 0 Å². The number of ether oxygens (including phenoxy) is 1. The molecule has 23 heavy (non-hydrogen) atoms. The predicted molar refractivity (Wildman–Crippen MR) is 87.0 cm³/mol. The smallest absolute Gasteiger partial charge is 0.350 e. The van der Waals surface area contributed by atoms with E-state index >= 15 is 0 Å². The SMILES string of the molecule is Cc1cc(NC(=O)COC(=O)c2sc3ccccc3c2Cl)on1. The standard InChI is InChI=1S/C15H11ClN2O4S/c1-8-6-12(22-18-8)17-11(19)7-21-15(20)14-13(16)9-4-2-3-5-10(9)23-14/h2-6H,7H2,1H3,(H,17,19). The first kappa shape index (κ1) is 15.5. The summed E-state index contributed by atoms with van der Waals surface area (Å²) in [5, 5.41) is 7.19. The van der Waals surface area contributed by atoms with Crippen LogP contribution in [0.2, 0.25) is 5.02 Å². The number of halogens is 1. The monoisotopic (exact) mass is 350 g/mol. The van der Waals surface area contributed by atoms with E-state index in [2.05, 4.69) is 10.5 Å². The average molecular weight is 351 g/mol. The van der Waals surface area contributed by atoms with E-state index in [-0.39, 0.29) is 10.8 Å². The molecule has 0 aliphatic rings. The maximum atomic E-state index is 12.1. The molecule has 0 atom stereocenters. The van der Waals surface area contributed by atoms with Crippen LogP contribution in [0.25, 0.3) is 10.1 Å². The molecule has 1 N–H and O–H groups in total. The number of nitrogens with one attached hydrogen (secondary N) is 1. The van der Waals surface area contributed by atoms with Crippen LogP contribution in [0.4, 0.5) is 5.88 Å². The highest BCUT2D eigenvalue weighted by molar-refractivity contribution is 7.21. The number of anilines is 1. The second-order valence-corrected chi connectivity index (χ2v) is 6.13. The summed E-state index contributed by atoms with van der Waals surface area (Å²) in [5.74, 6) is -0.963. The van der Waals surface area contributed by atoms with Gasteiger partial charge in [-0.25, -0.2) is 4.79 Å². The highest BCUT2D eigenvalue weighted by Crippen LogP contribution is 2.35. The van der Waals surface area contributed by atoms with E-state index in [1.54, 1.807) is 13.0 Å². The fraction of sp³-hybridized carbons (Fsp3) is 0.133. The fourth-order valence-electron chi connectivity index (χ4n) is 1.94. The third-order valence-electron chi connectivity index (χ3n) is 2.95. The number of nitrogens with zero attached hydrogens (tertiary/aromatic N) is 1. The van der Waals surface area contributed by atoms with Crippen molar-refractivity contribution in [2.45, 2.75) is 6.92 Å². The molecular weight excluding hydrogens is 340 g/mol. The number of esters is 1. The number of hydrogen-bond acceptors (Lipinski definition) is 6. The molecule has 1 aromatic carbocycles. The van der Waals surface area contributed by atoms with Gasteiger partial charge in [-0.15, -0.1) is 11.3 Å². The first-order chi connectivity index (χ1) is 11.0. The van der Waals surface area contributed by atoms with Gasteiger partial charge in [-0.3, -0.25) is 10.1 Å². The maximum absolute atomic E-state index is 12.1. The van der Waals surface area contributed by atoms with Gasteiger partial charge >= 0.3 is 5.97 Å². The second-order valence-electron chi connectivity index (χ2n) is 4.70. The number of aryl methyl sites for hydroxylation is 1. The second kappa shape index (κ2) is 6.39. The molecule has 0 fully saturated rings. The number of rotatable bonds is 4. The van der Waals surface area contributed by atoms with E-state index in [0.717, 1.165) is 10.1 Å². The van der Waals surface area contributed by atoms with Crippen LogP contribution in [0.3, 0.4) is 0 Å². The molecule has 1 amide bonds. The molecule has 8 heteroatoms. The van der Waals surface area contributed by atoms with Gasteiger partial charge < -0.3 is 9.26 Å². The number of fused-ring (bicyclic) bond motifs is 1. The molecule has 0 aliphatic carbocycles. The van der Waals surface area contributed by atoms with Crippen molar-refractivity contribution in [2.24, 2.45) is 0 Å². The first-order valence-corrected chi connectivity index (χ1v) is 7.81. The van der Waals surface area contributed by atoms with Crippen molar-refractivity contribution in [1.82, 2.24) is 5.16 Å². The van der Waals surface area contributed by atoms with E-state index in [9.17, 15) is 9.59 Å². The number of carbonyl (C=O) groups is 2. The molecule has 118 valence electrons. The molecule has 3 aromatic rings. The van der Waals surface area contributed by atoms with Crippen molar-refractivity contribution >= 4 is 50.8 Å². The van der Waals surface area contributed by atoms with Crippen LogP contribution in [0, 0.1) is 6.92 Å². The third-order valence-corrected chi connectivity index (χ3v) is 4.60. The Morgan fingerprint density at radius 3 is 2.87 bits per heavy atom. The van der Waals surface area contributed by atoms with Crippen molar-refractivity contribution in [2.75, 3.05) is 11.9 Å². The Balaban J connectivity index is 1.64. The van der Waals surface area contributed by atoms with E-state index < -0.39 is 18.5 Å². The largest absolute Gasteiger partial charge is 0.451 e. The number of aromatic nitrogens is 1. The molecule has 0 saturated carbocycles. The van der Waals surface area contributed by atoms with Gasteiger partial charge in [0.2, 0.25) is 5.88 Å². The van der Waals surface area contributed by atoms with Crippen LogP contribution in [0.15, 0.2) is 34.9 Å². The minimum atomic E-state index is -0.639. The molecule has 0 radical (unpaired) electrons. The normalized spacial score (nSPS) is 10.7. The average Bonchev–Trinajstić information content (AvgIpc) is 3.09. The van der Waals surface area contributed by atoms with Gasteiger partial charge in [0.05, 0.1) is 10.7 Å². The molecule has 3 rings (SSSR count). The van der Waals surface area contributed by atoms with E-state index in [1.807, 2.05) is 24.3 Å². The Morgan fingerprint density at radius 1 is 1.39 bits per heavy atom. The zero-order valence-electron chi connectivity index (χ0n) is 12.0. The Bertz CT molecular complexity index is 887. The highest BCUT2D eigenvalue weighted by atomic mass is 35.5. The molecule has 0 unspecified atom stereocenters. The molecule has 2 heterocycles. The van der Waals surface area contributed by atoms with Crippen molar-refractivity contribution in [3.63, 3.8) is 0 Å². The van der Waals surface area contributed by atoms with Crippen LogP contribution in [0.1, 0.15) is 15.4 Å². The molecule has 0 aliphatic heterocycles. The van der Waals surface area contributed by atoms with E-state index in [0.29, 0.717) is 10.7 Å². The van der Waals surface area contributed by atoms with Crippen molar-refractivity contribution in [3.8, 4) is 0 Å². The van der Waals surface area contributed by atoms with Gasteiger partial charge in [-0.2, -0.15) is 0 Å². The third kappa shape index (κ3) is 3.35. The maximum Gasteiger partial charge on any atom is 0.350 e. The van der Waals surface area contributed by atoms with Crippen LogP contribution in [-0.2, 0) is 9.53 Å². The van der Waals surface area contributed by atoms with E-state index in [1.165, 1.54) is 11.3 Å². The topological polar surface area (TPSA) is 81.4 Å². The fourth-order valence-corrected chi connectivity index (χ4v) is 3.34. The van der Waals surface area contributed by atoms with Gasteiger partial charge in [0, 0.05) is 16.2 Å². The lowest BCUT2D eigenvalue weighted by Gasteiger charge is -2.03. The molecule has 6 nitrogen and oxygen atoms in total. The minimum Gasteiger partial charge on any atom is -0.451 e. The Morgan fingerprint density at radius 2 is 2.17 bits per heavy atom. The molecular formula is C15H11ClN2O4S. The number of hydrogen-bond donors (Lipinski definition) is 1. The number of amides is 1. The molecule has 0 saturated heterocycles. The summed E-state index contributed by atoms with van der Waals surface area (Å²) in [4.78, 5) is 24.1. The number of benzene rings is 1. The van der Waals surface area contributed by atoms with Crippen molar-refractivity contribution < 1.29 is 18.8 Å². The lowest BCUT2D eigenvalue weighted by atomic mass is 10.2. The predicted octanol–water partition coefficient (Wildman–Crippen LogP) is 3.65. The quantitative estimate of drug-likeness (QED) is 0.726. The Hall–Kier alpha value is -2.38. The van der Waals surface area contributed by atoms with Crippen LogP contribution < -0.4 is 5.32 Å². The Kier molecular flexibility index (Phi) is 4.31. The lowest BCUT2D eigenvalue weighted by molar-refractivity contribution is -0.119. The lowest BCUT2D eigenvalue weighted by Crippen LogP contribution is -2.20. The van der Waals surface area contributed by atoms with Crippen LogP contribution >= 0.6 is 22.9 Å². The van der Waals surface area contributed by atoms with Gasteiger partial charge in [-0.05, 0) is 13.0 Å². The minimum absolute atomic E-state index is 0.198. The number of thiophene rings is 1. The molecule has 2 aromatic heterocycles. The molecule has 0 bridgehead atoms. The summed E-state index contributed by atoms with van der Waals surface area (Å²) in [5.41, 5.74) is 0.634.